The minimum Gasteiger partial charge on any atom is -0.350 e. The van der Waals surface area contributed by atoms with E-state index in [-0.39, 0.29) is 18.9 Å². The molecule has 0 bridgehead atoms. The van der Waals surface area contributed by atoms with Gasteiger partial charge in [0, 0.05) is 18.5 Å². The van der Waals surface area contributed by atoms with Crippen LogP contribution in [-0.4, -0.2) is 49.5 Å². The summed E-state index contributed by atoms with van der Waals surface area (Å²) in [6.45, 7) is 7.35. The first kappa shape index (κ1) is 28.9. The first-order chi connectivity index (χ1) is 17.8. The van der Waals surface area contributed by atoms with Crippen LogP contribution in [0.5, 0.6) is 0 Å². The molecule has 0 aliphatic heterocycles. The molecule has 8 heteroatoms. The van der Waals surface area contributed by atoms with Gasteiger partial charge in [-0.25, -0.2) is 8.42 Å². The normalized spacial score (nSPS) is 12.4. The maximum Gasteiger partial charge on any atom is 0.244 e. The van der Waals surface area contributed by atoms with E-state index in [9.17, 15) is 18.0 Å². The number of para-hydroxylation sites is 1. The largest absolute Gasteiger partial charge is 0.350 e. The van der Waals surface area contributed by atoms with Crippen LogP contribution >= 0.6 is 0 Å². The molecule has 3 rings (SSSR count). The Morgan fingerprint density at radius 1 is 0.868 bits per heavy atom. The zero-order valence-electron chi connectivity index (χ0n) is 22.7. The number of benzene rings is 3. The van der Waals surface area contributed by atoms with Crippen molar-refractivity contribution >= 4 is 27.5 Å². The molecule has 0 aliphatic carbocycles. The molecule has 0 radical (unpaired) electrons. The number of aryl methyl sites for hydroxylation is 1. The van der Waals surface area contributed by atoms with Gasteiger partial charge < -0.3 is 10.2 Å². The molecule has 1 atom stereocenters. The molecule has 1 N–H and O–H groups in total. The van der Waals surface area contributed by atoms with Crippen molar-refractivity contribution in [1.29, 1.82) is 0 Å². The quantitative estimate of drug-likeness (QED) is 0.419. The first-order valence-corrected chi connectivity index (χ1v) is 14.4. The van der Waals surface area contributed by atoms with Crippen LogP contribution in [0.1, 0.15) is 37.5 Å². The number of carbonyl (C=O) groups is 2. The van der Waals surface area contributed by atoms with E-state index in [1.165, 1.54) is 4.90 Å². The zero-order chi connectivity index (χ0) is 27.9. The van der Waals surface area contributed by atoms with Crippen LogP contribution in [0.25, 0.3) is 0 Å². The van der Waals surface area contributed by atoms with Crippen molar-refractivity contribution in [3.63, 3.8) is 0 Å². The summed E-state index contributed by atoms with van der Waals surface area (Å²) in [5, 5.41) is 3.03. The topological polar surface area (TPSA) is 86.8 Å². The lowest BCUT2D eigenvalue weighted by atomic mass is 10.00. The van der Waals surface area contributed by atoms with E-state index in [0.29, 0.717) is 5.69 Å². The molecule has 0 aliphatic rings. The van der Waals surface area contributed by atoms with Crippen LogP contribution in [-0.2, 0) is 32.6 Å². The summed E-state index contributed by atoms with van der Waals surface area (Å²) in [7, 11) is -3.78. The van der Waals surface area contributed by atoms with Crippen molar-refractivity contribution in [3.8, 4) is 0 Å². The van der Waals surface area contributed by atoms with Crippen molar-refractivity contribution in [2.45, 2.75) is 52.2 Å². The van der Waals surface area contributed by atoms with Crippen LogP contribution in [0.4, 0.5) is 5.69 Å². The third-order valence-electron chi connectivity index (χ3n) is 6.09. The van der Waals surface area contributed by atoms with E-state index in [2.05, 4.69) is 5.32 Å². The average molecular weight is 536 g/mol. The molecule has 3 aromatic rings. The van der Waals surface area contributed by atoms with Gasteiger partial charge in [-0.3, -0.25) is 13.9 Å². The van der Waals surface area contributed by atoms with Gasteiger partial charge in [-0.05, 0) is 56.5 Å². The van der Waals surface area contributed by atoms with Gasteiger partial charge in [-0.15, -0.1) is 0 Å². The molecule has 2 amide bonds. The summed E-state index contributed by atoms with van der Waals surface area (Å²) in [5.41, 5.74) is 2.62. The number of hydrogen-bond acceptors (Lipinski definition) is 4. The molecule has 0 fully saturated rings. The van der Waals surface area contributed by atoms with E-state index in [1.807, 2.05) is 82.3 Å². The minimum absolute atomic E-state index is 0.160. The molecular weight excluding hydrogens is 498 g/mol. The summed E-state index contributed by atoms with van der Waals surface area (Å²) in [6, 6.07) is 24.8. The summed E-state index contributed by atoms with van der Waals surface area (Å²) < 4.78 is 26.6. The fraction of sp³-hybridized carbons (Fsp3) is 0.333. The second-order valence-electron chi connectivity index (χ2n) is 10.5. The van der Waals surface area contributed by atoms with Crippen LogP contribution in [0, 0.1) is 6.92 Å². The standard InChI is InChI=1S/C30H37N3O4S/c1-23-14-12-13-17-25(23)21-32(28(34)22-33(38(5,36)37)26-18-10-7-11-19-26)27(29(35)31-30(2,3)4)20-24-15-8-6-9-16-24/h6-19,27H,20-22H2,1-5H3,(H,31,35)/t27-/m1/s1. The maximum absolute atomic E-state index is 14.0. The van der Waals surface area contributed by atoms with Gasteiger partial charge in [0.1, 0.15) is 12.6 Å². The molecule has 0 saturated heterocycles. The predicted molar refractivity (Wildman–Crippen MR) is 152 cm³/mol. The fourth-order valence-electron chi connectivity index (χ4n) is 4.19. The monoisotopic (exact) mass is 535 g/mol. The van der Waals surface area contributed by atoms with Gasteiger partial charge in [-0.1, -0.05) is 72.8 Å². The van der Waals surface area contributed by atoms with Gasteiger partial charge in [0.15, 0.2) is 0 Å². The van der Waals surface area contributed by atoms with Crippen molar-refractivity contribution in [3.05, 3.63) is 102 Å². The third kappa shape index (κ3) is 8.18. The van der Waals surface area contributed by atoms with Crippen molar-refractivity contribution in [2.75, 3.05) is 17.1 Å². The number of carbonyl (C=O) groups excluding carboxylic acids is 2. The Hall–Kier alpha value is -3.65. The van der Waals surface area contributed by atoms with E-state index in [4.69, 9.17) is 0 Å². The van der Waals surface area contributed by atoms with Gasteiger partial charge in [0.2, 0.25) is 21.8 Å². The third-order valence-corrected chi connectivity index (χ3v) is 7.24. The highest BCUT2D eigenvalue weighted by molar-refractivity contribution is 7.92. The number of amides is 2. The SMILES string of the molecule is Cc1ccccc1CN(C(=O)CN(c1ccccc1)S(C)(=O)=O)[C@H](Cc1ccccc1)C(=O)NC(C)(C)C. The number of nitrogens with zero attached hydrogens (tertiary/aromatic N) is 2. The highest BCUT2D eigenvalue weighted by Gasteiger charge is 2.34. The van der Waals surface area contributed by atoms with Crippen molar-refractivity contribution in [1.82, 2.24) is 10.2 Å². The van der Waals surface area contributed by atoms with Crippen LogP contribution in [0.2, 0.25) is 0 Å². The second-order valence-corrected chi connectivity index (χ2v) is 12.4. The first-order valence-electron chi connectivity index (χ1n) is 12.6. The van der Waals surface area contributed by atoms with Gasteiger partial charge >= 0.3 is 0 Å². The van der Waals surface area contributed by atoms with E-state index in [1.54, 1.807) is 30.3 Å². The molecule has 0 aromatic heterocycles. The number of anilines is 1. The molecule has 38 heavy (non-hydrogen) atoms. The lowest BCUT2D eigenvalue weighted by Crippen LogP contribution is -2.56. The Morgan fingerprint density at radius 2 is 1.42 bits per heavy atom. The molecule has 0 saturated carbocycles. The molecule has 7 nitrogen and oxygen atoms in total. The maximum atomic E-state index is 14.0. The Morgan fingerprint density at radius 3 is 1.97 bits per heavy atom. The Bertz CT molecular complexity index is 1340. The molecular formula is C30H37N3O4S. The van der Waals surface area contributed by atoms with Gasteiger partial charge in [-0.2, -0.15) is 0 Å². The lowest BCUT2D eigenvalue weighted by molar-refractivity contribution is -0.140. The number of nitrogens with one attached hydrogen (secondary N) is 1. The van der Waals surface area contributed by atoms with Crippen LogP contribution in [0.15, 0.2) is 84.9 Å². The Kier molecular flexibility index (Phi) is 9.33. The highest BCUT2D eigenvalue weighted by Crippen LogP contribution is 2.21. The molecule has 0 unspecified atom stereocenters. The van der Waals surface area contributed by atoms with Crippen molar-refractivity contribution in [2.24, 2.45) is 0 Å². The zero-order valence-corrected chi connectivity index (χ0v) is 23.5. The molecule has 0 heterocycles. The molecule has 202 valence electrons. The summed E-state index contributed by atoms with van der Waals surface area (Å²) in [6.07, 6.45) is 1.36. The smallest absolute Gasteiger partial charge is 0.244 e. The van der Waals surface area contributed by atoms with E-state index >= 15 is 0 Å². The van der Waals surface area contributed by atoms with Crippen LogP contribution in [0.3, 0.4) is 0 Å². The summed E-state index contributed by atoms with van der Waals surface area (Å²) >= 11 is 0. The summed E-state index contributed by atoms with van der Waals surface area (Å²) in [4.78, 5) is 29.2. The number of sulfonamides is 1. The number of rotatable bonds is 10. The summed E-state index contributed by atoms with van der Waals surface area (Å²) in [5.74, 6) is -0.763. The highest BCUT2D eigenvalue weighted by atomic mass is 32.2. The fourth-order valence-corrected chi connectivity index (χ4v) is 5.04. The average Bonchev–Trinajstić information content (AvgIpc) is 2.85. The molecule has 0 spiro atoms. The van der Waals surface area contributed by atoms with Gasteiger partial charge in [0.05, 0.1) is 11.9 Å². The Balaban J connectivity index is 2.07. The predicted octanol–water partition coefficient (Wildman–Crippen LogP) is 4.32. The second kappa shape index (κ2) is 12.3. The van der Waals surface area contributed by atoms with E-state index in [0.717, 1.165) is 27.3 Å². The van der Waals surface area contributed by atoms with Crippen molar-refractivity contribution < 1.29 is 18.0 Å². The number of hydrogen-bond donors (Lipinski definition) is 1. The van der Waals surface area contributed by atoms with E-state index < -0.39 is 34.1 Å². The minimum atomic E-state index is -3.78. The van der Waals surface area contributed by atoms with Crippen LogP contribution < -0.4 is 9.62 Å². The lowest BCUT2D eigenvalue weighted by Gasteiger charge is -2.35. The Labute approximate surface area is 226 Å². The molecule has 3 aromatic carbocycles. The van der Waals surface area contributed by atoms with Gasteiger partial charge in [0.25, 0.3) is 0 Å².